The van der Waals surface area contributed by atoms with Crippen molar-refractivity contribution in [3.8, 4) is 0 Å². The lowest BCUT2D eigenvalue weighted by Gasteiger charge is -2.44. The summed E-state index contributed by atoms with van der Waals surface area (Å²) in [7, 11) is 3.60. The highest BCUT2D eigenvalue weighted by Crippen LogP contribution is 2.48. The molecule has 1 aromatic heterocycles. The summed E-state index contributed by atoms with van der Waals surface area (Å²) in [5.74, 6) is -6.42. The molecule has 3 fully saturated rings. The van der Waals surface area contributed by atoms with Gasteiger partial charge in [0.15, 0.2) is 61.4 Å². The Morgan fingerprint density at radius 1 is 0.507 bits per heavy atom. The number of hydrogen-bond donors (Lipinski definition) is 0. The molecule has 1 aromatic rings. The Bertz CT molecular complexity index is 2120. The number of carbonyl (C=O) groups excluding carboxylic acids is 7. The highest BCUT2D eigenvalue weighted by Gasteiger charge is 2.66. The largest absolute Gasteiger partial charge is 0.467 e. The van der Waals surface area contributed by atoms with Crippen LogP contribution in [0.25, 0.3) is 0 Å². The minimum absolute atomic E-state index is 0.256. The SMILES string of the molecule is CCOC1(C(C)(C)C)OC2OC(C(=O)OC)C(OC(=O)C(C)(C)C)C(OC(=O)C(C)(C)C)C2O1.COC(=O)C1OC(OC)C(OC(=O)C(C)(C)C)C(OC(=O)C(C)(C)C)C1OC(=O)C(C)(C)C.Cc1cccc(C)n1. The molecule has 21 nitrogen and oxygen atoms in total. The van der Waals surface area contributed by atoms with Crippen LogP contribution in [0.3, 0.4) is 0 Å². The van der Waals surface area contributed by atoms with E-state index in [9.17, 15) is 33.6 Å². The van der Waals surface area contributed by atoms with E-state index in [2.05, 4.69) is 4.98 Å². The summed E-state index contributed by atoms with van der Waals surface area (Å²) in [6.07, 6.45) is -13.2. The monoisotopic (exact) mass is 1070 g/mol. The molecule has 0 aliphatic carbocycles. The number of aryl methyl sites for hydroxylation is 2. The molecular weight excluding hydrogens is 983 g/mol. The molecule has 0 aromatic carbocycles. The molecular formula is C54H87NO20. The molecule has 0 amide bonds. The van der Waals surface area contributed by atoms with Crippen LogP contribution in [0.15, 0.2) is 18.2 Å². The normalized spacial score (nSPS) is 27.0. The number of pyridine rings is 1. The average Bonchev–Trinajstić information content (AvgIpc) is 3.66. The Morgan fingerprint density at radius 2 is 0.853 bits per heavy atom. The average molecular weight is 1070 g/mol. The molecule has 11 atom stereocenters. The van der Waals surface area contributed by atoms with E-state index in [4.69, 9.17) is 61.6 Å². The van der Waals surface area contributed by atoms with E-state index >= 15 is 0 Å². The van der Waals surface area contributed by atoms with Crippen molar-refractivity contribution < 1.29 is 95.1 Å². The van der Waals surface area contributed by atoms with Crippen LogP contribution in [0.5, 0.6) is 0 Å². The Morgan fingerprint density at radius 3 is 1.17 bits per heavy atom. The molecule has 21 heteroatoms. The molecule has 4 rings (SSSR count). The summed E-state index contributed by atoms with van der Waals surface area (Å²) in [5, 5.41) is 0. The smallest absolute Gasteiger partial charge is 0.339 e. The van der Waals surface area contributed by atoms with Crippen molar-refractivity contribution in [2.24, 2.45) is 32.5 Å². The summed E-state index contributed by atoms with van der Waals surface area (Å²) < 4.78 is 73.4. The molecule has 3 aliphatic heterocycles. The fourth-order valence-electron chi connectivity index (χ4n) is 6.66. The first-order valence-electron chi connectivity index (χ1n) is 25.0. The molecule has 0 N–H and O–H groups in total. The summed E-state index contributed by atoms with van der Waals surface area (Å²) in [6.45, 7) is 36.3. The second-order valence-corrected chi connectivity index (χ2v) is 24.6. The number of carbonyl (C=O) groups is 7. The molecule has 0 spiro atoms. The van der Waals surface area contributed by atoms with Crippen LogP contribution in [0.2, 0.25) is 0 Å². The van der Waals surface area contributed by atoms with Gasteiger partial charge in [0.05, 0.1) is 41.3 Å². The van der Waals surface area contributed by atoms with Crippen molar-refractivity contribution in [2.45, 2.75) is 213 Å². The summed E-state index contributed by atoms with van der Waals surface area (Å²) in [6, 6.07) is 6.00. The lowest BCUT2D eigenvalue weighted by molar-refractivity contribution is -0.396. The van der Waals surface area contributed by atoms with Gasteiger partial charge in [-0.1, -0.05) is 26.8 Å². The number of methoxy groups -OCH3 is 3. The van der Waals surface area contributed by atoms with Crippen LogP contribution < -0.4 is 0 Å². The van der Waals surface area contributed by atoms with Crippen LogP contribution in [0.4, 0.5) is 0 Å². The zero-order valence-corrected chi connectivity index (χ0v) is 48.8. The zero-order valence-electron chi connectivity index (χ0n) is 48.8. The van der Waals surface area contributed by atoms with Gasteiger partial charge in [-0.05, 0) is 137 Å². The maximum absolute atomic E-state index is 12.9. The van der Waals surface area contributed by atoms with Crippen molar-refractivity contribution in [1.29, 1.82) is 0 Å². The summed E-state index contributed by atoms with van der Waals surface area (Å²) >= 11 is 0. The number of nitrogens with zero attached hydrogens (tertiary/aromatic N) is 1. The van der Waals surface area contributed by atoms with Gasteiger partial charge in [0.25, 0.3) is 5.97 Å². The standard InChI is InChI=1S/C24H40O10.C23H38O10.C7H9N/c1-12-29-24(23(8,9)10)33-16-14(32-20(27)22(5,6)7)13(31-19(26)21(2,3)4)15(17(25)28-11)30-18(16)34-24;1-21(2,3)18(25)31-12-13(32-19(26)22(4,5)6)15(33-20(27)23(7,8)9)17(29-11)30-14(12)16(24)28-10;1-6-4-3-5-7(2)8-6/h13-16,18H,12H2,1-11H3;12-15,17H,1-11H3;3-5H,1-2H3. The first-order valence-corrected chi connectivity index (χ1v) is 25.0. The molecule has 428 valence electrons. The molecule has 3 saturated heterocycles. The van der Waals surface area contributed by atoms with Gasteiger partial charge >= 0.3 is 41.8 Å². The van der Waals surface area contributed by atoms with Gasteiger partial charge in [0.1, 0.15) is 0 Å². The molecule has 11 unspecified atom stereocenters. The van der Waals surface area contributed by atoms with Crippen molar-refractivity contribution in [3.63, 3.8) is 0 Å². The quantitative estimate of drug-likeness (QED) is 0.168. The molecule has 0 radical (unpaired) electrons. The molecule has 0 bridgehead atoms. The van der Waals surface area contributed by atoms with E-state index in [0.717, 1.165) is 18.5 Å². The van der Waals surface area contributed by atoms with E-state index in [-0.39, 0.29) is 6.61 Å². The summed E-state index contributed by atoms with van der Waals surface area (Å²) in [5.41, 5.74) is -3.10. The third kappa shape index (κ3) is 17.9. The van der Waals surface area contributed by atoms with Crippen LogP contribution >= 0.6 is 0 Å². The number of aromatic nitrogens is 1. The van der Waals surface area contributed by atoms with Crippen LogP contribution in [-0.4, -0.2) is 142 Å². The predicted octanol–water partition coefficient (Wildman–Crippen LogP) is 7.05. The third-order valence-corrected chi connectivity index (χ3v) is 11.2. The van der Waals surface area contributed by atoms with Gasteiger partial charge in [-0.25, -0.2) is 9.59 Å². The van der Waals surface area contributed by atoms with Crippen molar-refractivity contribution >= 4 is 41.8 Å². The summed E-state index contributed by atoms with van der Waals surface area (Å²) in [4.78, 5) is 93.5. The highest BCUT2D eigenvalue weighted by molar-refractivity contribution is 5.81. The molecule has 4 heterocycles. The van der Waals surface area contributed by atoms with E-state index in [1.54, 1.807) is 111 Å². The molecule has 75 heavy (non-hydrogen) atoms. The lowest BCUT2D eigenvalue weighted by atomic mass is 9.92. The van der Waals surface area contributed by atoms with Crippen molar-refractivity contribution in [2.75, 3.05) is 27.9 Å². The number of rotatable bonds is 10. The first kappa shape index (κ1) is 66.3. The first-order chi connectivity index (χ1) is 34.0. The van der Waals surface area contributed by atoms with Crippen LogP contribution in [0.1, 0.15) is 143 Å². The van der Waals surface area contributed by atoms with Gasteiger partial charge in [-0.15, -0.1) is 0 Å². The second-order valence-electron chi connectivity index (χ2n) is 24.6. The van der Waals surface area contributed by atoms with Gasteiger partial charge in [-0.3, -0.25) is 33.7 Å². The second kappa shape index (κ2) is 25.6. The third-order valence-electron chi connectivity index (χ3n) is 11.2. The number of hydrogen-bond acceptors (Lipinski definition) is 21. The highest BCUT2D eigenvalue weighted by atomic mass is 16.9. The van der Waals surface area contributed by atoms with Gasteiger partial charge in [0, 0.05) is 30.5 Å². The Labute approximate surface area is 443 Å². The van der Waals surface area contributed by atoms with Gasteiger partial charge in [0.2, 0.25) is 0 Å². The van der Waals surface area contributed by atoms with Crippen LogP contribution in [-0.2, 0) is 95.1 Å². The fraction of sp³-hybridized carbons (Fsp3) is 0.778. The van der Waals surface area contributed by atoms with Gasteiger partial charge < -0.3 is 56.8 Å². The zero-order chi connectivity index (χ0) is 58.2. The van der Waals surface area contributed by atoms with Gasteiger partial charge in [-0.2, -0.15) is 0 Å². The Hall–Kier alpha value is -4.80. The van der Waals surface area contributed by atoms with Crippen molar-refractivity contribution in [3.05, 3.63) is 29.6 Å². The number of fused-ring (bicyclic) bond motifs is 1. The van der Waals surface area contributed by atoms with E-state index in [1.807, 2.05) is 52.8 Å². The topological polar surface area (TPSA) is 252 Å². The maximum atomic E-state index is 12.9. The van der Waals surface area contributed by atoms with E-state index < -0.39 is 142 Å². The van der Waals surface area contributed by atoms with E-state index in [0.29, 0.717) is 0 Å². The van der Waals surface area contributed by atoms with Crippen molar-refractivity contribution in [1.82, 2.24) is 4.98 Å². The number of ether oxygens (including phenoxy) is 13. The molecule has 0 saturated carbocycles. The number of esters is 7. The fourth-order valence-corrected chi connectivity index (χ4v) is 6.66. The lowest BCUT2D eigenvalue weighted by Crippen LogP contribution is -2.64. The van der Waals surface area contributed by atoms with E-state index in [1.165, 1.54) is 14.2 Å². The maximum Gasteiger partial charge on any atom is 0.339 e. The Kier molecular flexibility index (Phi) is 22.6. The minimum atomic E-state index is -1.56. The Balaban J connectivity index is 0.000000446. The molecule has 3 aliphatic rings. The minimum Gasteiger partial charge on any atom is -0.467 e. The predicted molar refractivity (Wildman–Crippen MR) is 269 cm³/mol. The van der Waals surface area contributed by atoms with Crippen LogP contribution in [0, 0.1) is 46.3 Å².